The highest BCUT2D eigenvalue weighted by atomic mass is 16.5. The first kappa shape index (κ1) is 19.4. The maximum Gasteiger partial charge on any atom is 0.189 e. The topological polar surface area (TPSA) is 177 Å². The largest absolute Gasteiger partial charge is 0.394 e. The Hall–Kier alpha value is -0.690. The molecule has 2 saturated heterocycles. The van der Waals surface area contributed by atoms with Gasteiger partial charge in [0, 0.05) is 0 Å². The van der Waals surface area contributed by atoms with E-state index >= 15 is 0 Å². The van der Waals surface area contributed by atoms with E-state index in [1.165, 1.54) is 0 Å². The Kier molecular flexibility index (Phi) is 7.76. The number of carbonyl (C=O) groups is 1. The quantitative estimate of drug-likeness (QED) is 0.265. The lowest BCUT2D eigenvalue weighted by atomic mass is 10.1. The minimum absolute atomic E-state index is 0.00287. The van der Waals surface area contributed by atoms with Gasteiger partial charge in [-0.05, 0) is 0 Å². The maximum atomic E-state index is 10.7. The number of hydrogen-bond donors (Lipinski definition) is 7. The highest BCUT2D eigenvalue weighted by Gasteiger charge is 2.39. The van der Waals surface area contributed by atoms with Gasteiger partial charge >= 0.3 is 0 Å². The van der Waals surface area contributed by atoms with Crippen LogP contribution in [-0.4, -0.2) is 111 Å². The zero-order chi connectivity index (χ0) is 16.9. The molecule has 0 amide bonds. The van der Waals surface area contributed by atoms with E-state index in [-0.39, 0.29) is 13.2 Å². The first-order chi connectivity index (χ1) is 10.3. The lowest BCUT2D eigenvalue weighted by Gasteiger charge is -2.18. The Labute approximate surface area is 126 Å². The fourth-order valence-corrected chi connectivity index (χ4v) is 2.04. The fraction of sp³-hybridized carbons (Fsp3) is 0.917. The third-order valence-electron chi connectivity index (χ3n) is 3.38. The summed E-state index contributed by atoms with van der Waals surface area (Å²) in [5, 5.41) is 61.9. The monoisotopic (exact) mass is 326 g/mol. The van der Waals surface area contributed by atoms with Crippen LogP contribution in [0, 0.1) is 0 Å². The lowest BCUT2D eigenvalue weighted by Crippen LogP contribution is -2.40. The molecule has 0 aliphatic carbocycles. The van der Waals surface area contributed by atoms with Gasteiger partial charge in [0.05, 0.1) is 19.8 Å². The molecule has 130 valence electrons. The van der Waals surface area contributed by atoms with Crippen LogP contribution >= 0.6 is 0 Å². The van der Waals surface area contributed by atoms with Gasteiger partial charge < -0.3 is 45.2 Å². The Morgan fingerprint density at radius 2 is 1.55 bits per heavy atom. The van der Waals surface area contributed by atoms with Gasteiger partial charge in [-0.1, -0.05) is 0 Å². The van der Waals surface area contributed by atoms with E-state index in [9.17, 15) is 4.79 Å². The summed E-state index contributed by atoms with van der Waals surface area (Å²) in [4.78, 5) is 10.7. The molecule has 0 saturated carbocycles. The molecule has 0 aromatic carbocycles. The normalized spacial score (nSPS) is 39.2. The van der Waals surface area contributed by atoms with Crippen LogP contribution in [0.5, 0.6) is 0 Å². The predicted octanol–water partition coefficient (Wildman–Crippen LogP) is -4.87. The van der Waals surface area contributed by atoms with Gasteiger partial charge in [0.15, 0.2) is 5.78 Å². The number of ether oxygens (including phenoxy) is 2. The van der Waals surface area contributed by atoms with E-state index in [2.05, 4.69) is 0 Å². The van der Waals surface area contributed by atoms with Crippen LogP contribution in [0.2, 0.25) is 0 Å². The molecule has 0 unspecified atom stereocenters. The number of hydrogen-bond acceptors (Lipinski definition) is 10. The Morgan fingerprint density at radius 1 is 1.00 bits per heavy atom. The molecule has 2 rings (SSSR count). The van der Waals surface area contributed by atoms with Crippen LogP contribution in [0.25, 0.3) is 0 Å². The van der Waals surface area contributed by atoms with Crippen molar-refractivity contribution in [3.63, 3.8) is 0 Å². The van der Waals surface area contributed by atoms with Crippen molar-refractivity contribution in [1.82, 2.24) is 0 Å². The third-order valence-corrected chi connectivity index (χ3v) is 3.38. The fourth-order valence-electron chi connectivity index (χ4n) is 2.04. The zero-order valence-electron chi connectivity index (χ0n) is 11.7. The van der Waals surface area contributed by atoms with Gasteiger partial charge in [0.2, 0.25) is 0 Å². The van der Waals surface area contributed by atoms with Crippen molar-refractivity contribution in [2.45, 2.75) is 42.7 Å². The lowest BCUT2D eigenvalue weighted by molar-refractivity contribution is -0.134. The zero-order valence-corrected chi connectivity index (χ0v) is 11.7. The predicted molar refractivity (Wildman–Crippen MR) is 68.7 cm³/mol. The van der Waals surface area contributed by atoms with E-state index in [0.717, 1.165) is 0 Å². The number of rotatable bonds is 4. The molecule has 22 heavy (non-hydrogen) atoms. The molecular weight excluding hydrogens is 304 g/mol. The van der Waals surface area contributed by atoms with Crippen molar-refractivity contribution < 1.29 is 50.0 Å². The molecule has 0 spiro atoms. The second-order valence-corrected chi connectivity index (χ2v) is 5.04. The summed E-state index contributed by atoms with van der Waals surface area (Å²) in [5.74, 6) is -0.603. The molecule has 2 aliphatic rings. The van der Waals surface area contributed by atoms with E-state index in [1.807, 2.05) is 0 Å². The summed E-state index contributed by atoms with van der Waals surface area (Å²) in [6.45, 7) is -1.20. The SMILES string of the molecule is O=C(CO)[C@@H]1OC[C@@H](O)[C@@H]1O.OC[C@H](O)[C@H]1OC[C@@H](O)[C@H]1O. The van der Waals surface area contributed by atoms with Gasteiger partial charge in [0.1, 0.15) is 49.3 Å². The standard InChI is InChI=1S/C6H12O5.C6H10O5/c2*7-1-3(8)6-5(10)4(9)2-11-6/h3-10H,1-2H2;4-7,9-10H,1-2H2/t3-,4+,5+,6+;4-,5+,6+/m01/s1. The van der Waals surface area contributed by atoms with Gasteiger partial charge in [-0.3, -0.25) is 4.79 Å². The molecule has 7 atom stereocenters. The molecule has 10 nitrogen and oxygen atoms in total. The third kappa shape index (κ3) is 4.65. The molecule has 10 heteroatoms. The molecule has 0 aromatic rings. The Morgan fingerprint density at radius 3 is 1.91 bits per heavy atom. The van der Waals surface area contributed by atoms with Crippen molar-refractivity contribution in [2.24, 2.45) is 0 Å². The summed E-state index contributed by atoms with van der Waals surface area (Å²) in [6.07, 6.45) is -7.32. The molecule has 2 aliphatic heterocycles. The summed E-state index contributed by atoms with van der Waals surface area (Å²) in [5.41, 5.74) is 0. The molecule has 7 N–H and O–H groups in total. The van der Waals surface area contributed by atoms with E-state index in [4.69, 9.17) is 45.2 Å². The Bertz CT molecular complexity index is 351. The van der Waals surface area contributed by atoms with Crippen molar-refractivity contribution >= 4 is 5.78 Å². The summed E-state index contributed by atoms with van der Waals surface area (Å²) in [6, 6.07) is 0. The van der Waals surface area contributed by atoms with Gasteiger partial charge in [-0.15, -0.1) is 0 Å². The first-order valence-corrected chi connectivity index (χ1v) is 6.71. The second kappa shape index (κ2) is 8.82. The summed E-state index contributed by atoms with van der Waals surface area (Å²) < 4.78 is 9.54. The first-order valence-electron chi connectivity index (χ1n) is 6.71. The average Bonchev–Trinajstić information content (AvgIpc) is 3.02. The van der Waals surface area contributed by atoms with Gasteiger partial charge in [0.25, 0.3) is 0 Å². The highest BCUT2D eigenvalue weighted by Crippen LogP contribution is 2.17. The maximum absolute atomic E-state index is 10.7. The number of carbonyl (C=O) groups excluding carboxylic acids is 1. The van der Waals surface area contributed by atoms with Crippen LogP contribution in [-0.2, 0) is 14.3 Å². The molecule has 0 aromatic heterocycles. The smallest absolute Gasteiger partial charge is 0.189 e. The molecule has 0 radical (unpaired) electrons. The number of Topliss-reactive ketones (excluding diaryl/α,β-unsaturated/α-hetero) is 1. The number of aliphatic hydroxyl groups excluding tert-OH is 7. The van der Waals surface area contributed by atoms with Gasteiger partial charge in [-0.2, -0.15) is 0 Å². The summed E-state index contributed by atoms with van der Waals surface area (Å²) >= 11 is 0. The van der Waals surface area contributed by atoms with E-state index in [1.54, 1.807) is 0 Å². The Balaban J connectivity index is 0.000000220. The van der Waals surface area contributed by atoms with Crippen LogP contribution in [0.3, 0.4) is 0 Å². The molecule has 0 bridgehead atoms. The van der Waals surface area contributed by atoms with Crippen LogP contribution in [0.4, 0.5) is 0 Å². The summed E-state index contributed by atoms with van der Waals surface area (Å²) in [7, 11) is 0. The van der Waals surface area contributed by atoms with Crippen molar-refractivity contribution in [2.75, 3.05) is 26.4 Å². The molecule has 2 fully saturated rings. The van der Waals surface area contributed by atoms with Crippen LogP contribution < -0.4 is 0 Å². The number of ketones is 1. The average molecular weight is 326 g/mol. The molecule has 2 heterocycles. The second-order valence-electron chi connectivity index (χ2n) is 5.04. The minimum Gasteiger partial charge on any atom is -0.394 e. The highest BCUT2D eigenvalue weighted by molar-refractivity contribution is 5.85. The number of aliphatic hydroxyl groups is 7. The van der Waals surface area contributed by atoms with Gasteiger partial charge in [-0.25, -0.2) is 0 Å². The van der Waals surface area contributed by atoms with E-state index in [0.29, 0.717) is 0 Å². The van der Waals surface area contributed by atoms with Crippen LogP contribution in [0.15, 0.2) is 0 Å². The van der Waals surface area contributed by atoms with Crippen molar-refractivity contribution in [3.8, 4) is 0 Å². The van der Waals surface area contributed by atoms with Crippen LogP contribution in [0.1, 0.15) is 0 Å². The minimum atomic E-state index is -1.20. The molecular formula is C12H22O10. The van der Waals surface area contributed by atoms with Crippen molar-refractivity contribution in [3.05, 3.63) is 0 Å². The van der Waals surface area contributed by atoms with Crippen molar-refractivity contribution in [1.29, 1.82) is 0 Å². The van der Waals surface area contributed by atoms with E-state index < -0.39 is 61.7 Å².